The molecule has 12 heavy (non-hydrogen) atoms. The topological polar surface area (TPSA) is 31.4 Å². The summed E-state index contributed by atoms with van der Waals surface area (Å²) in [6.07, 6.45) is 2.59. The molecular formula is C7H7F2NO2. The number of pyridine rings is 1. The molecule has 5 heteroatoms. The van der Waals surface area contributed by atoms with Crippen molar-refractivity contribution in [3.8, 4) is 11.5 Å². The van der Waals surface area contributed by atoms with Gasteiger partial charge < -0.3 is 9.47 Å². The van der Waals surface area contributed by atoms with Gasteiger partial charge in [-0.2, -0.15) is 8.78 Å². The van der Waals surface area contributed by atoms with Crippen LogP contribution in [0.3, 0.4) is 0 Å². The SMILES string of the molecule is COc1cncc(OC(F)F)c1. The van der Waals surface area contributed by atoms with E-state index in [-0.39, 0.29) is 5.75 Å². The molecule has 0 fully saturated rings. The van der Waals surface area contributed by atoms with Crippen LogP contribution in [0.4, 0.5) is 8.78 Å². The number of methoxy groups -OCH3 is 1. The number of aromatic nitrogens is 1. The van der Waals surface area contributed by atoms with E-state index < -0.39 is 6.61 Å². The van der Waals surface area contributed by atoms with Gasteiger partial charge in [-0.25, -0.2) is 0 Å². The van der Waals surface area contributed by atoms with Gasteiger partial charge in [0.15, 0.2) is 0 Å². The highest BCUT2D eigenvalue weighted by atomic mass is 19.3. The summed E-state index contributed by atoms with van der Waals surface area (Å²) in [5.41, 5.74) is 0. The quantitative estimate of drug-likeness (QED) is 0.700. The molecule has 1 rings (SSSR count). The van der Waals surface area contributed by atoms with Crippen molar-refractivity contribution in [2.45, 2.75) is 6.61 Å². The van der Waals surface area contributed by atoms with Gasteiger partial charge in [-0.15, -0.1) is 0 Å². The Kier molecular flexibility index (Phi) is 2.79. The first kappa shape index (κ1) is 8.70. The van der Waals surface area contributed by atoms with Crippen molar-refractivity contribution in [1.82, 2.24) is 4.98 Å². The van der Waals surface area contributed by atoms with Crippen molar-refractivity contribution in [2.24, 2.45) is 0 Å². The van der Waals surface area contributed by atoms with Crippen molar-refractivity contribution >= 4 is 0 Å². The third-order valence-electron chi connectivity index (χ3n) is 1.15. The minimum Gasteiger partial charge on any atom is -0.495 e. The summed E-state index contributed by atoms with van der Waals surface area (Å²) in [4.78, 5) is 3.63. The van der Waals surface area contributed by atoms with Crippen molar-refractivity contribution in [2.75, 3.05) is 7.11 Å². The fraction of sp³-hybridized carbons (Fsp3) is 0.286. The van der Waals surface area contributed by atoms with Crippen LogP contribution < -0.4 is 9.47 Å². The van der Waals surface area contributed by atoms with Gasteiger partial charge >= 0.3 is 6.61 Å². The zero-order valence-electron chi connectivity index (χ0n) is 6.33. The number of nitrogens with zero attached hydrogens (tertiary/aromatic N) is 1. The van der Waals surface area contributed by atoms with Gasteiger partial charge in [0, 0.05) is 6.07 Å². The largest absolute Gasteiger partial charge is 0.495 e. The lowest BCUT2D eigenvalue weighted by Crippen LogP contribution is -2.02. The second kappa shape index (κ2) is 3.85. The van der Waals surface area contributed by atoms with E-state index >= 15 is 0 Å². The molecular weight excluding hydrogens is 168 g/mol. The third-order valence-corrected chi connectivity index (χ3v) is 1.15. The molecule has 1 heterocycles. The fourth-order valence-corrected chi connectivity index (χ4v) is 0.678. The Balaban J connectivity index is 2.72. The van der Waals surface area contributed by atoms with E-state index in [1.807, 2.05) is 0 Å². The van der Waals surface area contributed by atoms with E-state index in [1.165, 1.54) is 25.6 Å². The van der Waals surface area contributed by atoms with Gasteiger partial charge in [0.2, 0.25) is 0 Å². The van der Waals surface area contributed by atoms with Gasteiger partial charge in [-0.05, 0) is 0 Å². The number of alkyl halides is 2. The summed E-state index contributed by atoms with van der Waals surface area (Å²) in [5.74, 6) is 0.373. The average Bonchev–Trinajstić information content (AvgIpc) is 2.03. The summed E-state index contributed by atoms with van der Waals surface area (Å²) in [6, 6.07) is 1.33. The van der Waals surface area contributed by atoms with Crippen LogP contribution in [0.5, 0.6) is 11.5 Å². The van der Waals surface area contributed by atoms with E-state index in [4.69, 9.17) is 4.74 Å². The Hall–Kier alpha value is -1.39. The van der Waals surface area contributed by atoms with Gasteiger partial charge in [0.1, 0.15) is 11.5 Å². The Morgan fingerprint density at radius 2 is 2.00 bits per heavy atom. The molecule has 66 valence electrons. The molecule has 0 aliphatic heterocycles. The molecule has 0 aromatic carbocycles. The molecule has 0 aliphatic carbocycles. The first-order valence-corrected chi connectivity index (χ1v) is 3.16. The maximum atomic E-state index is 11.7. The second-order valence-corrected chi connectivity index (χ2v) is 1.94. The highest BCUT2D eigenvalue weighted by Gasteiger charge is 2.04. The summed E-state index contributed by atoms with van der Waals surface area (Å²) in [7, 11) is 1.42. The molecule has 0 atom stereocenters. The number of ether oxygens (including phenoxy) is 2. The van der Waals surface area contributed by atoms with E-state index in [9.17, 15) is 8.78 Å². The molecule has 1 aromatic heterocycles. The number of hydrogen-bond donors (Lipinski definition) is 0. The molecule has 0 N–H and O–H groups in total. The smallest absolute Gasteiger partial charge is 0.387 e. The van der Waals surface area contributed by atoms with E-state index in [0.29, 0.717) is 5.75 Å². The van der Waals surface area contributed by atoms with Gasteiger partial charge in [0.05, 0.1) is 19.5 Å². The van der Waals surface area contributed by atoms with Crippen LogP contribution >= 0.6 is 0 Å². The maximum Gasteiger partial charge on any atom is 0.387 e. The lowest BCUT2D eigenvalue weighted by Gasteiger charge is -2.04. The van der Waals surface area contributed by atoms with Crippen LogP contribution in [0, 0.1) is 0 Å². The van der Waals surface area contributed by atoms with Crippen LogP contribution in [0.1, 0.15) is 0 Å². The van der Waals surface area contributed by atoms with Crippen LogP contribution in [0.25, 0.3) is 0 Å². The highest BCUT2D eigenvalue weighted by molar-refractivity contribution is 5.27. The number of hydrogen-bond acceptors (Lipinski definition) is 3. The second-order valence-electron chi connectivity index (χ2n) is 1.94. The highest BCUT2D eigenvalue weighted by Crippen LogP contribution is 2.18. The van der Waals surface area contributed by atoms with Crippen molar-refractivity contribution < 1.29 is 18.3 Å². The van der Waals surface area contributed by atoms with Crippen molar-refractivity contribution in [3.05, 3.63) is 18.5 Å². The molecule has 0 saturated heterocycles. The standard InChI is InChI=1S/C7H7F2NO2/c1-11-5-2-6(4-10-3-5)12-7(8)9/h2-4,7H,1H3. The molecule has 3 nitrogen and oxygen atoms in total. The molecule has 1 aromatic rings. The average molecular weight is 175 g/mol. The van der Waals surface area contributed by atoms with Crippen LogP contribution in [0.2, 0.25) is 0 Å². The maximum absolute atomic E-state index is 11.7. The Labute approximate surface area is 67.9 Å². The summed E-state index contributed by atoms with van der Waals surface area (Å²) < 4.78 is 32.2. The summed E-state index contributed by atoms with van der Waals surface area (Å²) >= 11 is 0. The Morgan fingerprint density at radius 1 is 1.33 bits per heavy atom. The summed E-state index contributed by atoms with van der Waals surface area (Å²) in [6.45, 7) is -2.83. The molecule has 0 radical (unpaired) electrons. The minimum atomic E-state index is -2.83. The van der Waals surface area contributed by atoms with Gasteiger partial charge in [-0.1, -0.05) is 0 Å². The van der Waals surface area contributed by atoms with Gasteiger partial charge in [-0.3, -0.25) is 4.98 Å². The lowest BCUT2D eigenvalue weighted by atomic mass is 10.4. The van der Waals surface area contributed by atoms with Crippen LogP contribution in [-0.4, -0.2) is 18.7 Å². The zero-order chi connectivity index (χ0) is 8.97. The molecule has 0 bridgehead atoms. The monoisotopic (exact) mass is 175 g/mol. The Morgan fingerprint density at radius 3 is 2.58 bits per heavy atom. The van der Waals surface area contributed by atoms with Crippen molar-refractivity contribution in [3.63, 3.8) is 0 Å². The van der Waals surface area contributed by atoms with Crippen molar-refractivity contribution in [1.29, 1.82) is 0 Å². The lowest BCUT2D eigenvalue weighted by molar-refractivity contribution is -0.0501. The minimum absolute atomic E-state index is 0.00986. The molecule has 0 saturated carbocycles. The number of halogens is 2. The van der Waals surface area contributed by atoms with E-state index in [2.05, 4.69) is 9.72 Å². The molecule has 0 spiro atoms. The molecule has 0 unspecified atom stereocenters. The Bertz CT molecular complexity index is 255. The van der Waals surface area contributed by atoms with E-state index in [0.717, 1.165) is 0 Å². The summed E-state index contributed by atoms with van der Waals surface area (Å²) in [5, 5.41) is 0. The third kappa shape index (κ3) is 2.34. The normalized spacial score (nSPS) is 10.0. The molecule has 0 amide bonds. The number of rotatable bonds is 3. The van der Waals surface area contributed by atoms with Crippen LogP contribution in [-0.2, 0) is 0 Å². The predicted octanol–water partition coefficient (Wildman–Crippen LogP) is 1.69. The first-order chi connectivity index (χ1) is 5.72. The fourth-order valence-electron chi connectivity index (χ4n) is 0.678. The molecule has 0 aliphatic rings. The predicted molar refractivity (Wildman–Crippen MR) is 37.4 cm³/mol. The van der Waals surface area contributed by atoms with Crippen LogP contribution in [0.15, 0.2) is 18.5 Å². The first-order valence-electron chi connectivity index (χ1n) is 3.16. The van der Waals surface area contributed by atoms with Gasteiger partial charge in [0.25, 0.3) is 0 Å². The zero-order valence-corrected chi connectivity index (χ0v) is 6.33. The van der Waals surface area contributed by atoms with E-state index in [1.54, 1.807) is 0 Å².